The summed E-state index contributed by atoms with van der Waals surface area (Å²) in [5, 5.41) is 12.3. The van der Waals surface area contributed by atoms with Crippen LogP contribution in [-0.2, 0) is 10.3 Å². The summed E-state index contributed by atoms with van der Waals surface area (Å²) < 4.78 is 6.33. The lowest BCUT2D eigenvalue weighted by atomic mass is 9.77. The van der Waals surface area contributed by atoms with Crippen LogP contribution in [0.4, 0.5) is 0 Å². The third-order valence-electron chi connectivity index (χ3n) is 4.29. The molecule has 0 spiro atoms. The molecule has 124 valence electrons. The second kappa shape index (κ2) is 9.62. The van der Waals surface area contributed by atoms with Crippen molar-refractivity contribution in [2.24, 2.45) is 5.16 Å². The van der Waals surface area contributed by atoms with Gasteiger partial charge in [-0.25, -0.2) is 0 Å². The van der Waals surface area contributed by atoms with Crippen LogP contribution >= 0.6 is 0 Å². The van der Waals surface area contributed by atoms with Crippen LogP contribution in [0.25, 0.3) is 0 Å². The number of hydrogen-bond acceptors (Lipinski definition) is 3. The fourth-order valence-corrected chi connectivity index (χ4v) is 3.03. The number of unbranched alkanes of at least 4 members (excludes halogenated alkanes) is 1. The normalized spacial score (nSPS) is 21.0. The highest BCUT2D eigenvalue weighted by Gasteiger charge is 2.37. The van der Waals surface area contributed by atoms with E-state index in [0.29, 0.717) is 0 Å². The zero-order valence-corrected chi connectivity index (χ0v) is 14.6. The van der Waals surface area contributed by atoms with Crippen molar-refractivity contribution < 1.29 is 9.94 Å². The summed E-state index contributed by atoms with van der Waals surface area (Å²) >= 11 is 0. The maximum absolute atomic E-state index is 8.95. The van der Waals surface area contributed by atoms with E-state index in [1.165, 1.54) is 11.1 Å². The molecule has 2 rings (SSSR count). The summed E-state index contributed by atoms with van der Waals surface area (Å²) in [6, 6.07) is 8.49. The highest BCUT2D eigenvalue weighted by atomic mass is 16.5. The van der Waals surface area contributed by atoms with Gasteiger partial charge in [0.25, 0.3) is 0 Å². The summed E-state index contributed by atoms with van der Waals surface area (Å²) in [5.74, 6) is 0. The summed E-state index contributed by atoms with van der Waals surface area (Å²) in [6.45, 7) is 9.13. The number of ether oxygens (including phenoxy) is 1. The number of hydrogen-bond donors (Lipinski definition) is 1. The summed E-state index contributed by atoms with van der Waals surface area (Å²) in [4.78, 5) is 0. The first-order chi connectivity index (χ1) is 10.7. The number of benzene rings is 1. The van der Waals surface area contributed by atoms with Gasteiger partial charge < -0.3 is 9.94 Å². The topological polar surface area (TPSA) is 41.8 Å². The van der Waals surface area contributed by atoms with Crippen molar-refractivity contribution >= 4 is 5.71 Å². The second-order valence-electron chi connectivity index (χ2n) is 5.68. The third-order valence-corrected chi connectivity index (χ3v) is 4.29. The number of rotatable bonds is 5. The van der Waals surface area contributed by atoms with E-state index in [0.717, 1.165) is 50.8 Å². The molecule has 3 heteroatoms. The third kappa shape index (κ3) is 4.57. The Bertz CT molecular complexity index is 458. The molecule has 3 nitrogen and oxygen atoms in total. The van der Waals surface area contributed by atoms with Crippen LogP contribution in [0.1, 0.15) is 70.4 Å². The largest absolute Gasteiger partial charge is 0.411 e. The monoisotopic (exact) mass is 305 g/mol. The van der Waals surface area contributed by atoms with E-state index >= 15 is 0 Å². The molecule has 1 fully saturated rings. The zero-order valence-electron chi connectivity index (χ0n) is 14.6. The van der Waals surface area contributed by atoms with Gasteiger partial charge in [-0.1, -0.05) is 56.6 Å². The Hall–Kier alpha value is -1.35. The van der Waals surface area contributed by atoms with Gasteiger partial charge in [0, 0.05) is 6.61 Å². The molecule has 1 aromatic carbocycles. The first-order valence-corrected chi connectivity index (χ1v) is 8.62. The first kappa shape index (κ1) is 18.7. The van der Waals surface area contributed by atoms with Crippen LogP contribution in [0.2, 0.25) is 0 Å². The van der Waals surface area contributed by atoms with Crippen molar-refractivity contribution in [1.82, 2.24) is 0 Å². The maximum atomic E-state index is 8.95. The van der Waals surface area contributed by atoms with Gasteiger partial charge >= 0.3 is 0 Å². The Labute approximate surface area is 135 Å². The van der Waals surface area contributed by atoms with Crippen LogP contribution in [-0.4, -0.2) is 17.5 Å². The van der Waals surface area contributed by atoms with Gasteiger partial charge in [0.05, 0.1) is 11.3 Å². The first-order valence-electron chi connectivity index (χ1n) is 8.62. The molecule has 0 saturated heterocycles. The SMILES string of the molecule is CC.CCCCOC1(c2ccccc2C)CCC(=NO)CC1. The average Bonchev–Trinajstić information content (AvgIpc) is 2.58. The second-order valence-corrected chi connectivity index (χ2v) is 5.68. The van der Waals surface area contributed by atoms with Crippen molar-refractivity contribution in [2.75, 3.05) is 6.61 Å². The quantitative estimate of drug-likeness (QED) is 0.447. The van der Waals surface area contributed by atoms with Gasteiger partial charge in [0.15, 0.2) is 0 Å². The van der Waals surface area contributed by atoms with Gasteiger partial charge in [-0.2, -0.15) is 0 Å². The molecule has 0 aliphatic heterocycles. The zero-order chi connectivity index (χ0) is 16.4. The molecule has 0 atom stereocenters. The molecular weight excluding hydrogens is 274 g/mol. The van der Waals surface area contributed by atoms with E-state index in [4.69, 9.17) is 9.94 Å². The van der Waals surface area contributed by atoms with E-state index in [-0.39, 0.29) is 5.60 Å². The Morgan fingerprint density at radius 2 is 1.82 bits per heavy atom. The van der Waals surface area contributed by atoms with Gasteiger partial charge in [-0.05, 0) is 50.2 Å². The predicted octanol–water partition coefficient (Wildman–Crippen LogP) is 5.44. The number of oxime groups is 1. The molecule has 1 N–H and O–H groups in total. The van der Waals surface area contributed by atoms with Gasteiger partial charge in [0.1, 0.15) is 0 Å². The fraction of sp³-hybridized carbons (Fsp3) is 0.632. The Balaban J connectivity index is 0.00000116. The lowest BCUT2D eigenvalue weighted by Crippen LogP contribution is -2.36. The molecule has 1 aromatic rings. The van der Waals surface area contributed by atoms with Crippen molar-refractivity contribution in [3.63, 3.8) is 0 Å². The molecule has 1 aliphatic carbocycles. The average molecular weight is 305 g/mol. The van der Waals surface area contributed by atoms with Crippen LogP contribution < -0.4 is 0 Å². The summed E-state index contributed by atoms with van der Waals surface area (Å²) in [6.07, 6.45) is 5.68. The highest BCUT2D eigenvalue weighted by molar-refractivity contribution is 5.84. The van der Waals surface area contributed by atoms with E-state index in [1.54, 1.807) is 0 Å². The molecule has 0 aromatic heterocycles. The molecule has 22 heavy (non-hydrogen) atoms. The van der Waals surface area contributed by atoms with E-state index in [2.05, 4.69) is 43.3 Å². The highest BCUT2D eigenvalue weighted by Crippen LogP contribution is 2.41. The molecule has 0 amide bonds. The minimum absolute atomic E-state index is 0.200. The molecule has 0 radical (unpaired) electrons. The lowest BCUT2D eigenvalue weighted by molar-refractivity contribution is -0.0668. The Morgan fingerprint density at radius 1 is 1.18 bits per heavy atom. The Morgan fingerprint density at radius 3 is 2.36 bits per heavy atom. The Kier molecular flexibility index (Phi) is 8.18. The number of aryl methyl sites for hydroxylation is 1. The maximum Gasteiger partial charge on any atom is 0.0941 e. The van der Waals surface area contributed by atoms with E-state index in [1.807, 2.05) is 13.8 Å². The van der Waals surface area contributed by atoms with Gasteiger partial charge in [0.2, 0.25) is 0 Å². The summed E-state index contributed by atoms with van der Waals surface area (Å²) in [7, 11) is 0. The van der Waals surface area contributed by atoms with Crippen LogP contribution in [0, 0.1) is 6.92 Å². The van der Waals surface area contributed by atoms with Crippen molar-refractivity contribution in [2.45, 2.75) is 71.8 Å². The van der Waals surface area contributed by atoms with Gasteiger partial charge in [-0.3, -0.25) is 0 Å². The van der Waals surface area contributed by atoms with Gasteiger partial charge in [-0.15, -0.1) is 0 Å². The molecule has 0 unspecified atom stereocenters. The smallest absolute Gasteiger partial charge is 0.0941 e. The molecule has 1 saturated carbocycles. The van der Waals surface area contributed by atoms with Crippen LogP contribution in [0.15, 0.2) is 29.4 Å². The van der Waals surface area contributed by atoms with Crippen LogP contribution in [0.3, 0.4) is 0 Å². The van der Waals surface area contributed by atoms with Crippen molar-refractivity contribution in [3.8, 4) is 0 Å². The molecule has 1 aliphatic rings. The number of nitrogens with zero attached hydrogens (tertiary/aromatic N) is 1. The van der Waals surface area contributed by atoms with Crippen LogP contribution in [0.5, 0.6) is 0 Å². The van der Waals surface area contributed by atoms with Crippen molar-refractivity contribution in [3.05, 3.63) is 35.4 Å². The standard InChI is InChI=1S/C17H25NO2.C2H6/c1-3-4-13-20-17(11-9-15(18-19)10-12-17)16-8-6-5-7-14(16)2;1-2/h5-8,19H,3-4,9-13H2,1-2H3;1-2H3. The fourth-order valence-electron chi connectivity index (χ4n) is 3.03. The lowest BCUT2D eigenvalue weighted by Gasteiger charge is -2.39. The van der Waals surface area contributed by atoms with Crippen molar-refractivity contribution in [1.29, 1.82) is 0 Å². The minimum atomic E-state index is -0.200. The molecule has 0 bridgehead atoms. The summed E-state index contributed by atoms with van der Waals surface area (Å²) in [5.41, 5.74) is 3.28. The minimum Gasteiger partial charge on any atom is -0.411 e. The molecule has 0 heterocycles. The van der Waals surface area contributed by atoms with E-state index < -0.39 is 0 Å². The van der Waals surface area contributed by atoms with E-state index in [9.17, 15) is 0 Å². The molecular formula is C19H31NO2. The predicted molar refractivity (Wildman–Crippen MR) is 92.8 cm³/mol.